The molecule has 0 nitrogen and oxygen atoms in total. The molecular formula is C16H22. The number of allylic oxidation sites excluding steroid dienone is 7. The predicted molar refractivity (Wildman–Crippen MR) is 74.4 cm³/mol. The molecule has 0 amide bonds. The maximum Gasteiger partial charge on any atom is 0.0166 e. The van der Waals surface area contributed by atoms with Gasteiger partial charge in [0.25, 0.3) is 0 Å². The van der Waals surface area contributed by atoms with Gasteiger partial charge in [0.2, 0.25) is 0 Å². The summed E-state index contributed by atoms with van der Waals surface area (Å²) in [5.41, 5.74) is 6.66. The van der Waals surface area contributed by atoms with Crippen LogP contribution in [0.1, 0.15) is 33.6 Å². The van der Waals surface area contributed by atoms with E-state index in [2.05, 4.69) is 31.9 Å². The van der Waals surface area contributed by atoms with Crippen molar-refractivity contribution in [2.24, 2.45) is 0 Å². The van der Waals surface area contributed by atoms with Gasteiger partial charge in [0.1, 0.15) is 0 Å². The molecule has 0 heterocycles. The van der Waals surface area contributed by atoms with Gasteiger partial charge in [0.15, 0.2) is 0 Å². The average Bonchev–Trinajstić information content (AvgIpc) is 2.28. The van der Waals surface area contributed by atoms with Crippen LogP contribution in [0.25, 0.3) is 0 Å². The van der Waals surface area contributed by atoms with Crippen molar-refractivity contribution < 1.29 is 0 Å². The fraction of sp³-hybridized carbons (Fsp3) is 0.312. The lowest BCUT2D eigenvalue weighted by Gasteiger charge is -1.99. The molecule has 0 aliphatic carbocycles. The maximum atomic E-state index is 3.83. The Morgan fingerprint density at radius 3 is 2.38 bits per heavy atom. The van der Waals surface area contributed by atoms with Crippen molar-refractivity contribution in [2.75, 3.05) is 0 Å². The van der Waals surface area contributed by atoms with Crippen molar-refractivity contribution >= 4 is 0 Å². The Kier molecular flexibility index (Phi) is 7.93. The zero-order valence-electron chi connectivity index (χ0n) is 10.7. The van der Waals surface area contributed by atoms with E-state index < -0.39 is 0 Å². The van der Waals surface area contributed by atoms with Crippen LogP contribution in [-0.2, 0) is 0 Å². The smallest absolute Gasteiger partial charge is 0.0166 e. The molecular weight excluding hydrogens is 192 g/mol. The van der Waals surface area contributed by atoms with E-state index in [9.17, 15) is 0 Å². The lowest BCUT2D eigenvalue weighted by atomic mass is 10.1. The van der Waals surface area contributed by atoms with Crippen LogP contribution < -0.4 is 0 Å². The highest BCUT2D eigenvalue weighted by Gasteiger charge is 1.92. The molecule has 0 aliphatic rings. The predicted octanol–water partition coefficient (Wildman–Crippen LogP) is 5.13. The third-order valence-electron chi connectivity index (χ3n) is 2.14. The Morgan fingerprint density at radius 2 is 1.94 bits per heavy atom. The van der Waals surface area contributed by atoms with Crippen LogP contribution in [0.3, 0.4) is 0 Å². The topological polar surface area (TPSA) is 0 Å². The summed E-state index contributed by atoms with van der Waals surface area (Å²) >= 11 is 0. The monoisotopic (exact) mass is 214 g/mol. The van der Waals surface area contributed by atoms with Crippen LogP contribution in [0.4, 0.5) is 0 Å². The molecule has 0 spiro atoms. The second-order valence-electron chi connectivity index (χ2n) is 3.64. The molecule has 0 saturated carbocycles. The summed E-state index contributed by atoms with van der Waals surface area (Å²) < 4.78 is 0. The second kappa shape index (κ2) is 8.76. The van der Waals surface area contributed by atoms with Crippen molar-refractivity contribution in [1.82, 2.24) is 0 Å². The van der Waals surface area contributed by atoms with Crippen LogP contribution in [0.15, 0.2) is 66.0 Å². The summed E-state index contributed by atoms with van der Waals surface area (Å²) in [6.45, 7) is 13.7. The van der Waals surface area contributed by atoms with Gasteiger partial charge < -0.3 is 0 Å². The first-order valence-electron chi connectivity index (χ1n) is 5.73. The Hall–Kier alpha value is -1.52. The Morgan fingerprint density at radius 1 is 1.25 bits per heavy atom. The van der Waals surface area contributed by atoms with Gasteiger partial charge in [-0.05, 0) is 37.5 Å². The fourth-order valence-electron chi connectivity index (χ4n) is 1.31. The second-order valence-corrected chi connectivity index (χ2v) is 3.64. The van der Waals surface area contributed by atoms with E-state index in [1.165, 1.54) is 5.57 Å². The third kappa shape index (κ3) is 6.06. The first-order chi connectivity index (χ1) is 7.67. The van der Waals surface area contributed by atoms with Gasteiger partial charge in [-0.25, -0.2) is 0 Å². The maximum absolute atomic E-state index is 3.83. The summed E-state index contributed by atoms with van der Waals surface area (Å²) in [7, 11) is 0. The Bertz CT molecular complexity index is 355. The third-order valence-corrected chi connectivity index (χ3v) is 2.14. The summed E-state index contributed by atoms with van der Waals surface area (Å²) in [6, 6.07) is 0. The molecule has 0 aliphatic heterocycles. The van der Waals surface area contributed by atoms with E-state index in [0.29, 0.717) is 0 Å². The summed E-state index contributed by atoms with van der Waals surface area (Å²) in [5, 5.41) is 0. The number of hydrogen-bond donors (Lipinski definition) is 0. The zero-order valence-corrected chi connectivity index (χ0v) is 10.7. The molecule has 0 bridgehead atoms. The van der Waals surface area contributed by atoms with Crippen LogP contribution in [0, 0.1) is 0 Å². The number of rotatable bonds is 6. The number of hydrogen-bond acceptors (Lipinski definition) is 0. The van der Waals surface area contributed by atoms with Gasteiger partial charge in [-0.3, -0.25) is 0 Å². The molecule has 0 N–H and O–H groups in total. The molecule has 0 saturated heterocycles. The lowest BCUT2D eigenvalue weighted by Crippen LogP contribution is -1.79. The van der Waals surface area contributed by atoms with Gasteiger partial charge in [-0.15, -0.1) is 5.73 Å². The van der Waals surface area contributed by atoms with Gasteiger partial charge in [0, 0.05) is 5.57 Å². The van der Waals surface area contributed by atoms with E-state index in [-0.39, 0.29) is 0 Å². The zero-order chi connectivity index (χ0) is 12.4. The van der Waals surface area contributed by atoms with Gasteiger partial charge >= 0.3 is 0 Å². The highest BCUT2D eigenvalue weighted by atomic mass is 14.0. The van der Waals surface area contributed by atoms with Crippen molar-refractivity contribution in [2.45, 2.75) is 33.6 Å². The fourth-order valence-corrected chi connectivity index (χ4v) is 1.31. The van der Waals surface area contributed by atoms with E-state index in [1.807, 2.05) is 38.2 Å². The minimum Gasteiger partial charge on any atom is -0.110 e. The largest absolute Gasteiger partial charge is 0.110 e. The quantitative estimate of drug-likeness (QED) is 0.424. The highest BCUT2D eigenvalue weighted by Crippen LogP contribution is 2.11. The van der Waals surface area contributed by atoms with Gasteiger partial charge in [0.05, 0.1) is 0 Å². The van der Waals surface area contributed by atoms with E-state index >= 15 is 0 Å². The summed E-state index contributed by atoms with van der Waals surface area (Å²) in [4.78, 5) is 0. The van der Waals surface area contributed by atoms with Crippen LogP contribution in [-0.4, -0.2) is 0 Å². The van der Waals surface area contributed by atoms with Crippen molar-refractivity contribution in [3.8, 4) is 0 Å². The van der Waals surface area contributed by atoms with Crippen molar-refractivity contribution in [3.63, 3.8) is 0 Å². The standard InChI is InChI=1S/C16H22/c1-6-10-15(9-4)13-16(11-7-2)12-14(5)8-3/h7-9,11,13H,3-4,6,10H2,1-2,5H3. The summed E-state index contributed by atoms with van der Waals surface area (Å²) in [6.07, 6.45) is 12.1. The normalized spacial score (nSPS) is 11.1. The Labute approximate surface area is 100 Å². The van der Waals surface area contributed by atoms with Crippen molar-refractivity contribution in [3.05, 3.63) is 66.0 Å². The molecule has 0 atom stereocenters. The molecule has 0 rings (SSSR count). The van der Waals surface area contributed by atoms with Crippen LogP contribution >= 0.6 is 0 Å². The molecule has 0 fully saturated rings. The van der Waals surface area contributed by atoms with Gasteiger partial charge in [-0.2, -0.15) is 0 Å². The minimum absolute atomic E-state index is 1.05. The lowest BCUT2D eigenvalue weighted by molar-refractivity contribution is 0.926. The molecule has 86 valence electrons. The minimum atomic E-state index is 1.05. The van der Waals surface area contributed by atoms with E-state index in [1.54, 1.807) is 0 Å². The molecule has 0 aromatic rings. The molecule has 0 radical (unpaired) electrons. The van der Waals surface area contributed by atoms with Gasteiger partial charge in [-0.1, -0.05) is 50.8 Å². The highest BCUT2D eigenvalue weighted by molar-refractivity contribution is 5.37. The first-order valence-corrected chi connectivity index (χ1v) is 5.73. The first kappa shape index (κ1) is 14.5. The SMILES string of the molecule is C=CC(C)=C=C(C=CC)C=C(C=C)CCC. The average molecular weight is 214 g/mol. The van der Waals surface area contributed by atoms with Crippen LogP contribution in [0.5, 0.6) is 0 Å². The summed E-state index contributed by atoms with van der Waals surface area (Å²) in [5.74, 6) is 0. The van der Waals surface area contributed by atoms with Crippen LogP contribution in [0.2, 0.25) is 0 Å². The molecule has 0 unspecified atom stereocenters. The molecule has 0 aromatic carbocycles. The van der Waals surface area contributed by atoms with E-state index in [0.717, 1.165) is 24.0 Å². The van der Waals surface area contributed by atoms with E-state index in [4.69, 9.17) is 0 Å². The van der Waals surface area contributed by atoms with Crippen molar-refractivity contribution in [1.29, 1.82) is 0 Å². The molecule has 16 heavy (non-hydrogen) atoms. The molecule has 0 aromatic heterocycles. The molecule has 0 heteroatoms. The Balaban J connectivity index is 5.31.